The molecule has 1 aliphatic heterocycles. The SMILES string of the molecule is Cc1ccc(C(=O)c2ccccc2C(=O)N2CCCCCC2)cc1. The number of hydrogen-bond acceptors (Lipinski definition) is 2. The van der Waals surface area contributed by atoms with Crippen LogP contribution in [-0.2, 0) is 0 Å². The van der Waals surface area contributed by atoms with E-state index >= 15 is 0 Å². The number of benzene rings is 2. The van der Waals surface area contributed by atoms with E-state index in [0.29, 0.717) is 16.7 Å². The fraction of sp³-hybridized carbons (Fsp3) is 0.333. The van der Waals surface area contributed by atoms with Crippen LogP contribution in [0, 0.1) is 6.92 Å². The fourth-order valence-corrected chi connectivity index (χ4v) is 3.17. The second-order valence-corrected chi connectivity index (χ2v) is 6.45. The highest BCUT2D eigenvalue weighted by molar-refractivity contribution is 6.15. The number of hydrogen-bond donors (Lipinski definition) is 0. The summed E-state index contributed by atoms with van der Waals surface area (Å²) in [4.78, 5) is 27.7. The van der Waals surface area contributed by atoms with E-state index < -0.39 is 0 Å². The van der Waals surface area contributed by atoms with E-state index in [1.54, 1.807) is 12.1 Å². The third-order valence-electron chi connectivity index (χ3n) is 4.61. The molecule has 0 spiro atoms. The number of carbonyl (C=O) groups is 2. The Balaban J connectivity index is 1.91. The van der Waals surface area contributed by atoms with Crippen LogP contribution < -0.4 is 0 Å². The first-order valence-corrected chi connectivity index (χ1v) is 8.66. The highest BCUT2D eigenvalue weighted by Crippen LogP contribution is 2.19. The van der Waals surface area contributed by atoms with Gasteiger partial charge in [-0.2, -0.15) is 0 Å². The Morgan fingerprint density at radius 2 is 1.38 bits per heavy atom. The minimum Gasteiger partial charge on any atom is -0.339 e. The summed E-state index contributed by atoms with van der Waals surface area (Å²) in [6, 6.07) is 14.7. The van der Waals surface area contributed by atoms with Crippen LogP contribution in [0.25, 0.3) is 0 Å². The fourth-order valence-electron chi connectivity index (χ4n) is 3.17. The van der Waals surface area contributed by atoms with Gasteiger partial charge >= 0.3 is 0 Å². The van der Waals surface area contributed by atoms with E-state index in [-0.39, 0.29) is 11.7 Å². The molecule has 0 atom stereocenters. The molecule has 3 heteroatoms. The third-order valence-corrected chi connectivity index (χ3v) is 4.61. The topological polar surface area (TPSA) is 37.4 Å². The van der Waals surface area contributed by atoms with Crippen LogP contribution in [0.1, 0.15) is 57.5 Å². The van der Waals surface area contributed by atoms with Crippen molar-refractivity contribution >= 4 is 11.7 Å². The summed E-state index contributed by atoms with van der Waals surface area (Å²) in [5.74, 6) is -0.110. The van der Waals surface area contributed by atoms with Gasteiger partial charge in [0.2, 0.25) is 0 Å². The number of nitrogens with zero attached hydrogens (tertiary/aromatic N) is 1. The molecule has 0 bridgehead atoms. The minimum atomic E-state index is -0.0891. The molecule has 3 rings (SSSR count). The molecule has 1 fully saturated rings. The Morgan fingerprint density at radius 1 is 0.792 bits per heavy atom. The third kappa shape index (κ3) is 3.56. The Morgan fingerprint density at radius 3 is 2.00 bits per heavy atom. The molecule has 2 aromatic rings. The molecule has 1 amide bonds. The molecule has 24 heavy (non-hydrogen) atoms. The summed E-state index contributed by atoms with van der Waals surface area (Å²) in [7, 11) is 0. The smallest absolute Gasteiger partial charge is 0.254 e. The summed E-state index contributed by atoms with van der Waals surface area (Å²) in [6.07, 6.45) is 4.43. The largest absolute Gasteiger partial charge is 0.339 e. The van der Waals surface area contributed by atoms with E-state index in [1.165, 1.54) is 12.8 Å². The van der Waals surface area contributed by atoms with Gasteiger partial charge in [0.05, 0.1) is 5.56 Å². The van der Waals surface area contributed by atoms with Gasteiger partial charge in [-0.3, -0.25) is 9.59 Å². The second kappa shape index (κ2) is 7.43. The van der Waals surface area contributed by atoms with Crippen molar-refractivity contribution in [1.29, 1.82) is 0 Å². The zero-order valence-corrected chi connectivity index (χ0v) is 14.1. The lowest BCUT2D eigenvalue weighted by molar-refractivity contribution is 0.0757. The lowest BCUT2D eigenvalue weighted by Gasteiger charge is -2.21. The maximum atomic E-state index is 12.9. The van der Waals surface area contributed by atoms with Crippen molar-refractivity contribution in [3.05, 3.63) is 70.8 Å². The first-order valence-electron chi connectivity index (χ1n) is 8.66. The molecule has 124 valence electrons. The van der Waals surface area contributed by atoms with Crippen LogP contribution in [0.4, 0.5) is 0 Å². The van der Waals surface area contributed by atoms with Crippen molar-refractivity contribution in [3.63, 3.8) is 0 Å². The predicted molar refractivity (Wildman–Crippen MR) is 95.4 cm³/mol. The summed E-state index contributed by atoms with van der Waals surface area (Å²) in [5, 5.41) is 0. The van der Waals surface area contributed by atoms with E-state index in [4.69, 9.17) is 0 Å². The lowest BCUT2D eigenvalue weighted by atomic mass is 9.97. The van der Waals surface area contributed by atoms with Gasteiger partial charge in [-0.1, -0.05) is 60.9 Å². The summed E-state index contributed by atoms with van der Waals surface area (Å²) >= 11 is 0. The first kappa shape index (κ1) is 16.4. The molecule has 1 aliphatic rings. The molecule has 0 aromatic heterocycles. The Hall–Kier alpha value is -2.42. The molecule has 1 saturated heterocycles. The van der Waals surface area contributed by atoms with Gasteiger partial charge in [0, 0.05) is 24.2 Å². The van der Waals surface area contributed by atoms with Crippen molar-refractivity contribution in [2.24, 2.45) is 0 Å². The van der Waals surface area contributed by atoms with E-state index in [2.05, 4.69) is 0 Å². The van der Waals surface area contributed by atoms with Crippen molar-refractivity contribution in [1.82, 2.24) is 4.90 Å². The van der Waals surface area contributed by atoms with Gasteiger partial charge in [0.15, 0.2) is 5.78 Å². The van der Waals surface area contributed by atoms with Crippen molar-refractivity contribution in [2.45, 2.75) is 32.6 Å². The second-order valence-electron chi connectivity index (χ2n) is 6.45. The van der Waals surface area contributed by atoms with E-state index in [9.17, 15) is 9.59 Å². The van der Waals surface area contributed by atoms with Gasteiger partial charge in [0.25, 0.3) is 5.91 Å². The first-order chi connectivity index (χ1) is 11.7. The molecule has 0 radical (unpaired) electrons. The van der Waals surface area contributed by atoms with Crippen LogP contribution >= 0.6 is 0 Å². The highest BCUT2D eigenvalue weighted by atomic mass is 16.2. The zero-order valence-electron chi connectivity index (χ0n) is 14.1. The number of aryl methyl sites for hydroxylation is 1. The number of rotatable bonds is 3. The standard InChI is InChI=1S/C21H23NO2/c1-16-10-12-17(13-11-16)20(23)18-8-4-5-9-19(18)21(24)22-14-6-2-3-7-15-22/h4-5,8-13H,2-3,6-7,14-15H2,1H3. The maximum absolute atomic E-state index is 12.9. The van der Waals surface area contributed by atoms with E-state index in [0.717, 1.165) is 31.5 Å². The average molecular weight is 321 g/mol. The Labute approximate surface area is 143 Å². The predicted octanol–water partition coefficient (Wildman–Crippen LogP) is 4.24. The number of likely N-dealkylation sites (tertiary alicyclic amines) is 1. The number of carbonyl (C=O) groups excluding carboxylic acids is 2. The quantitative estimate of drug-likeness (QED) is 0.793. The monoisotopic (exact) mass is 321 g/mol. The van der Waals surface area contributed by atoms with Crippen molar-refractivity contribution in [3.8, 4) is 0 Å². The summed E-state index contributed by atoms with van der Waals surface area (Å²) in [5.41, 5.74) is 2.75. The molecule has 0 aliphatic carbocycles. The summed E-state index contributed by atoms with van der Waals surface area (Å²) in [6.45, 7) is 3.56. The molecule has 3 nitrogen and oxygen atoms in total. The lowest BCUT2D eigenvalue weighted by Crippen LogP contribution is -2.33. The minimum absolute atomic E-state index is 0.0204. The molecule has 0 saturated carbocycles. The number of amides is 1. The van der Waals surface area contributed by atoms with Crippen LogP contribution in [0.2, 0.25) is 0 Å². The van der Waals surface area contributed by atoms with Gasteiger partial charge in [0.1, 0.15) is 0 Å². The van der Waals surface area contributed by atoms with Crippen molar-refractivity contribution in [2.75, 3.05) is 13.1 Å². The number of ketones is 1. The van der Waals surface area contributed by atoms with Crippen LogP contribution in [0.15, 0.2) is 48.5 Å². The normalized spacial score (nSPS) is 15.0. The van der Waals surface area contributed by atoms with Crippen LogP contribution in [0.3, 0.4) is 0 Å². The highest BCUT2D eigenvalue weighted by Gasteiger charge is 2.22. The molecule has 0 N–H and O–H groups in total. The van der Waals surface area contributed by atoms with E-state index in [1.807, 2.05) is 48.2 Å². The van der Waals surface area contributed by atoms with Crippen molar-refractivity contribution < 1.29 is 9.59 Å². The Kier molecular flexibility index (Phi) is 5.09. The molecule has 2 aromatic carbocycles. The van der Waals surface area contributed by atoms with Crippen LogP contribution in [-0.4, -0.2) is 29.7 Å². The van der Waals surface area contributed by atoms with Gasteiger partial charge in [-0.15, -0.1) is 0 Å². The maximum Gasteiger partial charge on any atom is 0.254 e. The van der Waals surface area contributed by atoms with Crippen LogP contribution in [0.5, 0.6) is 0 Å². The zero-order chi connectivity index (χ0) is 16.9. The van der Waals surface area contributed by atoms with Gasteiger partial charge < -0.3 is 4.90 Å². The molecule has 1 heterocycles. The van der Waals surface area contributed by atoms with Gasteiger partial charge in [-0.05, 0) is 25.8 Å². The molecular weight excluding hydrogens is 298 g/mol. The average Bonchev–Trinajstić information content (AvgIpc) is 2.90. The molecule has 0 unspecified atom stereocenters. The van der Waals surface area contributed by atoms with Gasteiger partial charge in [-0.25, -0.2) is 0 Å². The summed E-state index contributed by atoms with van der Waals surface area (Å²) < 4.78 is 0. The molecular formula is C21H23NO2. The Bertz CT molecular complexity index is 726.